The quantitative estimate of drug-likeness (QED) is 0.589. The summed E-state index contributed by atoms with van der Waals surface area (Å²) < 4.78 is 0. The molecule has 2 heterocycles. The number of nitrogens with zero attached hydrogens (tertiary/aromatic N) is 2. The molecule has 26 heavy (non-hydrogen) atoms. The highest BCUT2D eigenvalue weighted by Crippen LogP contribution is 2.28. The first-order chi connectivity index (χ1) is 12.7. The summed E-state index contributed by atoms with van der Waals surface area (Å²) in [6, 6.07) is 19.5. The average Bonchev–Trinajstić information content (AvgIpc) is 3.11. The van der Waals surface area contributed by atoms with Crippen LogP contribution in [0.5, 0.6) is 0 Å². The molecule has 0 unspecified atom stereocenters. The predicted octanol–water partition coefficient (Wildman–Crippen LogP) is 3.95. The molecule has 0 aliphatic rings. The molecule has 2 aromatic heterocycles. The monoisotopic (exact) mass is 342 g/mol. The number of rotatable bonds is 4. The van der Waals surface area contributed by atoms with E-state index in [9.17, 15) is 4.79 Å². The minimum atomic E-state index is -0.453. The van der Waals surface area contributed by atoms with Crippen LogP contribution in [0.3, 0.4) is 0 Å². The summed E-state index contributed by atoms with van der Waals surface area (Å²) in [7, 11) is 0. The highest BCUT2D eigenvalue weighted by Gasteiger charge is 2.11. The molecule has 0 spiro atoms. The van der Waals surface area contributed by atoms with Gasteiger partial charge < -0.3 is 5.73 Å². The maximum Gasteiger partial charge on any atom is 0.248 e. The summed E-state index contributed by atoms with van der Waals surface area (Å²) in [5.74, 6) is -0.453. The van der Waals surface area contributed by atoms with E-state index < -0.39 is 5.91 Å². The Labute approximate surface area is 150 Å². The van der Waals surface area contributed by atoms with Crippen LogP contribution in [0.2, 0.25) is 0 Å². The molecule has 4 rings (SSSR count). The molecular formula is C21H18N4O. The third kappa shape index (κ3) is 2.84. The van der Waals surface area contributed by atoms with Crippen molar-refractivity contribution in [3.05, 3.63) is 71.8 Å². The molecule has 0 atom stereocenters. The van der Waals surface area contributed by atoms with Crippen molar-refractivity contribution in [2.45, 2.75) is 13.3 Å². The first-order valence-electron chi connectivity index (χ1n) is 8.50. The van der Waals surface area contributed by atoms with Crippen molar-refractivity contribution in [2.75, 3.05) is 0 Å². The maximum atomic E-state index is 11.4. The number of nitrogens with two attached hydrogens (primary N) is 1. The molecule has 0 aliphatic heterocycles. The molecule has 5 heteroatoms. The number of H-pyrrole nitrogens is 1. The van der Waals surface area contributed by atoms with E-state index in [1.807, 2.05) is 18.2 Å². The summed E-state index contributed by atoms with van der Waals surface area (Å²) in [4.78, 5) is 16.0. The number of aromatic nitrogens is 3. The summed E-state index contributed by atoms with van der Waals surface area (Å²) >= 11 is 0. The van der Waals surface area contributed by atoms with Crippen LogP contribution in [0.1, 0.15) is 22.8 Å². The molecule has 0 aliphatic carbocycles. The topological polar surface area (TPSA) is 84.7 Å². The van der Waals surface area contributed by atoms with Gasteiger partial charge in [0, 0.05) is 22.1 Å². The van der Waals surface area contributed by atoms with Crippen molar-refractivity contribution in [1.82, 2.24) is 15.2 Å². The smallest absolute Gasteiger partial charge is 0.248 e. The van der Waals surface area contributed by atoms with E-state index in [4.69, 9.17) is 5.73 Å². The van der Waals surface area contributed by atoms with Gasteiger partial charge >= 0.3 is 0 Å². The number of aromatic amines is 1. The Morgan fingerprint density at radius 2 is 1.85 bits per heavy atom. The minimum absolute atomic E-state index is 0.453. The molecule has 0 saturated heterocycles. The van der Waals surface area contributed by atoms with Crippen molar-refractivity contribution in [3.8, 4) is 22.5 Å². The van der Waals surface area contributed by atoms with E-state index in [0.717, 1.165) is 34.3 Å². The molecule has 3 N–H and O–H groups in total. The number of hydrogen-bond acceptors (Lipinski definition) is 3. The van der Waals surface area contributed by atoms with Gasteiger partial charge in [-0.25, -0.2) is 4.98 Å². The number of carbonyl (C=O) groups is 1. The van der Waals surface area contributed by atoms with Crippen LogP contribution >= 0.6 is 0 Å². The van der Waals surface area contributed by atoms with Gasteiger partial charge in [0.1, 0.15) is 0 Å². The lowest BCUT2D eigenvalue weighted by Crippen LogP contribution is -2.10. The Morgan fingerprint density at radius 1 is 1.04 bits per heavy atom. The Hall–Kier alpha value is -3.47. The number of fused-ring (bicyclic) bond motifs is 1. The van der Waals surface area contributed by atoms with Gasteiger partial charge in [-0.3, -0.25) is 9.89 Å². The summed E-state index contributed by atoms with van der Waals surface area (Å²) in [6.45, 7) is 2.14. The van der Waals surface area contributed by atoms with Crippen LogP contribution in [-0.2, 0) is 6.42 Å². The average molecular weight is 342 g/mol. The van der Waals surface area contributed by atoms with Crippen molar-refractivity contribution in [3.63, 3.8) is 0 Å². The number of carbonyl (C=O) groups excluding carboxylic acids is 1. The fourth-order valence-corrected chi connectivity index (χ4v) is 3.02. The second-order valence-electron chi connectivity index (χ2n) is 6.16. The molecule has 0 bridgehead atoms. The fraction of sp³-hybridized carbons (Fsp3) is 0.0952. The number of aryl methyl sites for hydroxylation is 1. The highest BCUT2D eigenvalue weighted by molar-refractivity contribution is 5.95. The van der Waals surface area contributed by atoms with E-state index in [0.29, 0.717) is 11.2 Å². The van der Waals surface area contributed by atoms with Gasteiger partial charge in [-0.15, -0.1) is 0 Å². The second kappa shape index (κ2) is 6.44. The van der Waals surface area contributed by atoms with Crippen LogP contribution in [0, 0.1) is 0 Å². The molecule has 5 nitrogen and oxygen atoms in total. The first kappa shape index (κ1) is 16.0. The van der Waals surface area contributed by atoms with Crippen molar-refractivity contribution >= 4 is 16.9 Å². The van der Waals surface area contributed by atoms with E-state index in [1.165, 1.54) is 5.56 Å². The van der Waals surface area contributed by atoms with Crippen LogP contribution in [0.25, 0.3) is 33.5 Å². The molecule has 0 radical (unpaired) electrons. The normalized spacial score (nSPS) is 11.0. The Balaban J connectivity index is 1.75. The minimum Gasteiger partial charge on any atom is -0.366 e. The summed E-state index contributed by atoms with van der Waals surface area (Å²) in [5.41, 5.74) is 11.4. The first-order valence-corrected chi connectivity index (χ1v) is 8.50. The molecule has 2 aromatic carbocycles. The third-order valence-electron chi connectivity index (χ3n) is 4.51. The molecule has 0 fully saturated rings. The Kier molecular flexibility index (Phi) is 3.97. The van der Waals surface area contributed by atoms with E-state index >= 15 is 0 Å². The summed E-state index contributed by atoms with van der Waals surface area (Å²) in [5, 5.41) is 8.40. The SMILES string of the molecule is CCc1ccc(-c2[nH]nc3nc(-c4cccc(C(N)=O)c4)ccc23)cc1. The molecule has 4 aromatic rings. The van der Waals surface area contributed by atoms with E-state index in [2.05, 4.69) is 46.4 Å². The number of primary amides is 1. The van der Waals surface area contributed by atoms with Crippen LogP contribution in [-0.4, -0.2) is 21.1 Å². The number of amides is 1. The zero-order valence-electron chi connectivity index (χ0n) is 14.4. The maximum absolute atomic E-state index is 11.4. The molecule has 128 valence electrons. The van der Waals surface area contributed by atoms with E-state index in [-0.39, 0.29) is 0 Å². The second-order valence-corrected chi connectivity index (χ2v) is 6.16. The molecule has 1 amide bonds. The van der Waals surface area contributed by atoms with Crippen molar-refractivity contribution in [1.29, 1.82) is 0 Å². The standard InChI is InChI=1S/C21H18N4O/c1-2-13-6-8-14(9-7-13)19-17-10-11-18(23-21(17)25-24-19)15-4-3-5-16(12-15)20(22)26/h3-12H,2H2,1H3,(H2,22,26)(H,23,24,25). The molecule has 0 saturated carbocycles. The van der Waals surface area contributed by atoms with Gasteiger partial charge in [0.05, 0.1) is 11.4 Å². The lowest BCUT2D eigenvalue weighted by Gasteiger charge is -2.04. The summed E-state index contributed by atoms with van der Waals surface area (Å²) in [6.07, 6.45) is 1.01. The van der Waals surface area contributed by atoms with Crippen LogP contribution < -0.4 is 5.73 Å². The highest BCUT2D eigenvalue weighted by atomic mass is 16.1. The number of pyridine rings is 1. The van der Waals surface area contributed by atoms with Gasteiger partial charge in [0.15, 0.2) is 5.65 Å². The number of benzene rings is 2. The van der Waals surface area contributed by atoms with Crippen LogP contribution in [0.15, 0.2) is 60.7 Å². The van der Waals surface area contributed by atoms with Gasteiger partial charge in [0.2, 0.25) is 5.91 Å². The predicted molar refractivity (Wildman–Crippen MR) is 103 cm³/mol. The molecular weight excluding hydrogens is 324 g/mol. The number of nitrogens with one attached hydrogen (secondary N) is 1. The Bertz CT molecular complexity index is 1100. The number of hydrogen-bond donors (Lipinski definition) is 2. The fourth-order valence-electron chi connectivity index (χ4n) is 3.02. The van der Waals surface area contributed by atoms with Crippen molar-refractivity contribution in [2.24, 2.45) is 5.73 Å². The Morgan fingerprint density at radius 3 is 2.58 bits per heavy atom. The lowest BCUT2D eigenvalue weighted by atomic mass is 10.0. The van der Waals surface area contributed by atoms with Gasteiger partial charge in [-0.1, -0.05) is 43.3 Å². The largest absolute Gasteiger partial charge is 0.366 e. The van der Waals surface area contributed by atoms with Gasteiger partial charge in [0.25, 0.3) is 0 Å². The van der Waals surface area contributed by atoms with Crippen LogP contribution in [0.4, 0.5) is 0 Å². The van der Waals surface area contributed by atoms with Gasteiger partial charge in [-0.2, -0.15) is 5.10 Å². The third-order valence-corrected chi connectivity index (χ3v) is 4.51. The van der Waals surface area contributed by atoms with Gasteiger partial charge in [-0.05, 0) is 36.2 Å². The van der Waals surface area contributed by atoms with E-state index in [1.54, 1.807) is 18.2 Å². The zero-order chi connectivity index (χ0) is 18.1. The lowest BCUT2D eigenvalue weighted by molar-refractivity contribution is 0.100. The van der Waals surface area contributed by atoms with Crippen molar-refractivity contribution < 1.29 is 4.79 Å². The zero-order valence-corrected chi connectivity index (χ0v) is 14.4.